The molecule has 2 heterocycles. The second kappa shape index (κ2) is 4.55. The van der Waals surface area contributed by atoms with Crippen LogP contribution in [0, 0.1) is 6.92 Å². The summed E-state index contributed by atoms with van der Waals surface area (Å²) in [5.41, 5.74) is 2.22. The van der Waals surface area contributed by atoms with Gasteiger partial charge in [0.25, 0.3) is 0 Å². The summed E-state index contributed by atoms with van der Waals surface area (Å²) in [5, 5.41) is 15.2. The number of aromatic nitrogens is 2. The first kappa shape index (κ1) is 10.3. The molecule has 15 heavy (non-hydrogen) atoms. The van der Waals surface area contributed by atoms with E-state index in [0.29, 0.717) is 18.3 Å². The van der Waals surface area contributed by atoms with Gasteiger partial charge in [0.1, 0.15) is 0 Å². The Morgan fingerprint density at radius 3 is 2.93 bits per heavy atom. The van der Waals surface area contributed by atoms with Crippen molar-refractivity contribution in [1.82, 2.24) is 15.5 Å². The quantitative estimate of drug-likeness (QED) is 0.863. The number of hydrogen-bond donors (Lipinski definition) is 1. The molecule has 0 aliphatic carbocycles. The highest BCUT2D eigenvalue weighted by atomic mass is 32.1. The van der Waals surface area contributed by atoms with Gasteiger partial charge in [-0.1, -0.05) is 6.92 Å². The van der Waals surface area contributed by atoms with Crippen LogP contribution < -0.4 is 5.32 Å². The number of nitrogens with zero attached hydrogens (tertiary/aromatic N) is 2. The summed E-state index contributed by atoms with van der Waals surface area (Å²) in [5.74, 6) is 1.25. The monoisotopic (exact) mass is 223 g/mol. The molecule has 1 N–H and O–H groups in total. The van der Waals surface area contributed by atoms with Gasteiger partial charge in [-0.05, 0) is 24.4 Å². The van der Waals surface area contributed by atoms with E-state index >= 15 is 0 Å². The lowest BCUT2D eigenvalue weighted by molar-refractivity contribution is 0.482. The smallest absolute Gasteiger partial charge is 0.248 e. The highest BCUT2D eigenvalue weighted by Crippen LogP contribution is 2.25. The van der Waals surface area contributed by atoms with E-state index in [-0.39, 0.29) is 0 Å². The van der Waals surface area contributed by atoms with E-state index < -0.39 is 0 Å². The Labute approximate surface area is 92.3 Å². The molecule has 0 aliphatic rings. The summed E-state index contributed by atoms with van der Waals surface area (Å²) >= 11 is 1.64. The summed E-state index contributed by atoms with van der Waals surface area (Å²) in [6, 6.07) is 0. The predicted octanol–water partition coefficient (Wildman–Crippen LogP) is 2.22. The fourth-order valence-electron chi connectivity index (χ4n) is 1.25. The maximum atomic E-state index is 5.53. The van der Waals surface area contributed by atoms with Gasteiger partial charge in [-0.25, -0.2) is 0 Å². The number of hydrogen-bond acceptors (Lipinski definition) is 5. The summed E-state index contributed by atoms with van der Waals surface area (Å²) in [4.78, 5) is 0. The third-order valence-electron chi connectivity index (χ3n) is 2.08. The first-order valence-electron chi connectivity index (χ1n) is 4.87. The molecule has 0 saturated carbocycles. The Morgan fingerprint density at radius 2 is 2.27 bits per heavy atom. The SMILES string of the molecule is CCNCc1nnc(-c2cscc2C)o1. The van der Waals surface area contributed by atoms with Crippen LogP contribution in [0.5, 0.6) is 0 Å². The molecule has 0 bridgehead atoms. The lowest BCUT2D eigenvalue weighted by atomic mass is 10.2. The standard InChI is InChI=1S/C10H13N3OS/c1-3-11-4-9-12-13-10(14-9)8-6-15-5-7(8)2/h5-6,11H,3-4H2,1-2H3. The van der Waals surface area contributed by atoms with Crippen LogP contribution in [0.2, 0.25) is 0 Å². The molecule has 2 aromatic rings. The third-order valence-corrected chi connectivity index (χ3v) is 2.94. The highest BCUT2D eigenvalue weighted by Gasteiger charge is 2.10. The molecule has 0 saturated heterocycles. The van der Waals surface area contributed by atoms with Gasteiger partial charge in [0.05, 0.1) is 12.1 Å². The molecule has 0 spiro atoms. The zero-order chi connectivity index (χ0) is 10.7. The molecular formula is C10H13N3OS. The minimum Gasteiger partial charge on any atom is -0.419 e. The van der Waals surface area contributed by atoms with Gasteiger partial charge in [0.2, 0.25) is 11.8 Å². The van der Waals surface area contributed by atoms with Gasteiger partial charge >= 0.3 is 0 Å². The van der Waals surface area contributed by atoms with E-state index in [4.69, 9.17) is 4.42 Å². The van der Waals surface area contributed by atoms with Crippen molar-refractivity contribution in [3.63, 3.8) is 0 Å². The normalized spacial score (nSPS) is 10.8. The van der Waals surface area contributed by atoms with Gasteiger partial charge in [-0.15, -0.1) is 10.2 Å². The molecule has 0 unspecified atom stereocenters. The number of aryl methyl sites for hydroxylation is 1. The molecule has 2 rings (SSSR count). The summed E-state index contributed by atoms with van der Waals surface area (Å²) in [6.45, 7) is 5.61. The fraction of sp³-hybridized carbons (Fsp3) is 0.400. The summed E-state index contributed by atoms with van der Waals surface area (Å²) in [6.07, 6.45) is 0. The van der Waals surface area contributed by atoms with Crippen molar-refractivity contribution in [3.8, 4) is 11.5 Å². The van der Waals surface area contributed by atoms with E-state index in [1.54, 1.807) is 11.3 Å². The molecule has 0 aliphatic heterocycles. The molecule has 80 valence electrons. The van der Waals surface area contributed by atoms with E-state index in [2.05, 4.69) is 20.9 Å². The Bertz CT molecular complexity index is 435. The Morgan fingerprint density at radius 1 is 1.40 bits per heavy atom. The molecule has 0 radical (unpaired) electrons. The van der Waals surface area contributed by atoms with Gasteiger partial charge in [0.15, 0.2) is 0 Å². The zero-order valence-corrected chi connectivity index (χ0v) is 9.60. The number of nitrogens with one attached hydrogen (secondary N) is 1. The van der Waals surface area contributed by atoms with E-state index in [1.165, 1.54) is 5.56 Å². The zero-order valence-electron chi connectivity index (χ0n) is 8.78. The summed E-state index contributed by atoms with van der Waals surface area (Å²) < 4.78 is 5.53. The average molecular weight is 223 g/mol. The summed E-state index contributed by atoms with van der Waals surface area (Å²) in [7, 11) is 0. The van der Waals surface area contributed by atoms with Crippen molar-refractivity contribution in [2.75, 3.05) is 6.54 Å². The van der Waals surface area contributed by atoms with Crippen LogP contribution in [0.3, 0.4) is 0 Å². The van der Waals surface area contributed by atoms with Gasteiger partial charge < -0.3 is 9.73 Å². The van der Waals surface area contributed by atoms with E-state index in [1.807, 2.05) is 19.2 Å². The first-order valence-corrected chi connectivity index (χ1v) is 5.81. The van der Waals surface area contributed by atoms with Crippen molar-refractivity contribution >= 4 is 11.3 Å². The number of rotatable bonds is 4. The van der Waals surface area contributed by atoms with Crippen molar-refractivity contribution in [2.24, 2.45) is 0 Å². The Hall–Kier alpha value is -1.20. The molecule has 0 amide bonds. The van der Waals surface area contributed by atoms with Crippen molar-refractivity contribution < 1.29 is 4.42 Å². The second-order valence-electron chi connectivity index (χ2n) is 3.25. The van der Waals surface area contributed by atoms with E-state index in [0.717, 1.165) is 12.1 Å². The van der Waals surface area contributed by atoms with Crippen LogP contribution in [0.4, 0.5) is 0 Å². The molecular weight excluding hydrogens is 210 g/mol. The Kier molecular flexibility index (Phi) is 3.13. The van der Waals surface area contributed by atoms with Crippen LogP contribution in [0.1, 0.15) is 18.4 Å². The molecule has 2 aromatic heterocycles. The minimum atomic E-state index is 0.613. The van der Waals surface area contributed by atoms with Gasteiger partial charge in [-0.2, -0.15) is 11.3 Å². The first-order chi connectivity index (χ1) is 7.31. The number of thiophene rings is 1. The van der Waals surface area contributed by atoms with Crippen LogP contribution in [0.25, 0.3) is 11.5 Å². The molecule has 5 heteroatoms. The predicted molar refractivity (Wildman–Crippen MR) is 59.7 cm³/mol. The van der Waals surface area contributed by atoms with Gasteiger partial charge in [-0.3, -0.25) is 0 Å². The molecule has 4 nitrogen and oxygen atoms in total. The molecule has 0 aromatic carbocycles. The highest BCUT2D eigenvalue weighted by molar-refractivity contribution is 7.08. The second-order valence-corrected chi connectivity index (χ2v) is 3.99. The maximum absolute atomic E-state index is 5.53. The van der Waals surface area contributed by atoms with Gasteiger partial charge in [0, 0.05) is 5.38 Å². The topological polar surface area (TPSA) is 51.0 Å². The maximum Gasteiger partial charge on any atom is 0.248 e. The van der Waals surface area contributed by atoms with Crippen molar-refractivity contribution in [2.45, 2.75) is 20.4 Å². The average Bonchev–Trinajstić information content (AvgIpc) is 2.83. The minimum absolute atomic E-state index is 0.613. The van der Waals surface area contributed by atoms with Crippen LogP contribution >= 0.6 is 11.3 Å². The van der Waals surface area contributed by atoms with Crippen molar-refractivity contribution in [3.05, 3.63) is 22.2 Å². The van der Waals surface area contributed by atoms with Crippen LogP contribution in [-0.4, -0.2) is 16.7 Å². The molecule has 0 fully saturated rings. The fourth-order valence-corrected chi connectivity index (χ4v) is 2.07. The largest absolute Gasteiger partial charge is 0.419 e. The molecule has 0 atom stereocenters. The van der Waals surface area contributed by atoms with Crippen LogP contribution in [0.15, 0.2) is 15.2 Å². The van der Waals surface area contributed by atoms with E-state index in [9.17, 15) is 0 Å². The lowest BCUT2D eigenvalue weighted by Crippen LogP contribution is -2.11. The third kappa shape index (κ3) is 2.24. The van der Waals surface area contributed by atoms with Crippen molar-refractivity contribution in [1.29, 1.82) is 0 Å². The lowest BCUT2D eigenvalue weighted by Gasteiger charge is -1.94. The Balaban J connectivity index is 2.17. The van der Waals surface area contributed by atoms with Crippen LogP contribution in [-0.2, 0) is 6.54 Å².